The van der Waals surface area contributed by atoms with Crippen molar-refractivity contribution < 1.29 is 22.1 Å². The van der Waals surface area contributed by atoms with Crippen molar-refractivity contribution in [1.82, 2.24) is 10.1 Å². The van der Waals surface area contributed by atoms with E-state index >= 15 is 0 Å². The molecule has 112 valence electrons. The monoisotopic (exact) mass is 301 g/mol. The van der Waals surface area contributed by atoms with Crippen LogP contribution in [0.2, 0.25) is 0 Å². The second-order valence-electron chi connectivity index (χ2n) is 4.99. The van der Waals surface area contributed by atoms with Gasteiger partial charge in [-0.15, -0.1) is 0 Å². The van der Waals surface area contributed by atoms with Crippen molar-refractivity contribution in [1.29, 1.82) is 0 Å². The number of alkyl halides is 3. The van der Waals surface area contributed by atoms with Gasteiger partial charge in [0.1, 0.15) is 5.82 Å². The fourth-order valence-corrected chi connectivity index (χ4v) is 2.06. The molecule has 21 heavy (non-hydrogen) atoms. The first-order chi connectivity index (χ1) is 9.88. The van der Waals surface area contributed by atoms with Gasteiger partial charge >= 0.3 is 6.18 Å². The average Bonchev–Trinajstić information content (AvgIpc) is 3.15. The molecule has 3 rings (SSSR count). The Morgan fingerprint density at radius 2 is 2.00 bits per heavy atom. The Hall–Kier alpha value is -1.96. The van der Waals surface area contributed by atoms with Crippen LogP contribution in [0.25, 0.3) is 11.5 Å². The average molecular weight is 301 g/mol. The molecule has 1 heterocycles. The summed E-state index contributed by atoms with van der Waals surface area (Å²) < 4.78 is 56.8. The highest BCUT2D eigenvalue weighted by Crippen LogP contribution is 2.39. The summed E-state index contributed by atoms with van der Waals surface area (Å²) in [5, 5.41) is 3.63. The van der Waals surface area contributed by atoms with Crippen LogP contribution in [-0.4, -0.2) is 10.1 Å². The molecule has 1 aliphatic carbocycles. The largest absolute Gasteiger partial charge is 0.419 e. The predicted octanol–water partition coefficient (Wildman–Crippen LogP) is 3.30. The molecule has 0 aliphatic heterocycles. The molecule has 4 nitrogen and oxygen atoms in total. The number of benzene rings is 1. The molecule has 1 aromatic carbocycles. The van der Waals surface area contributed by atoms with Crippen molar-refractivity contribution in [2.45, 2.75) is 25.1 Å². The van der Waals surface area contributed by atoms with Crippen LogP contribution in [0.3, 0.4) is 0 Å². The van der Waals surface area contributed by atoms with Crippen molar-refractivity contribution >= 4 is 0 Å². The molecule has 2 aromatic rings. The fourth-order valence-electron chi connectivity index (χ4n) is 2.06. The number of hydrogen-bond acceptors (Lipinski definition) is 4. The molecule has 1 saturated carbocycles. The van der Waals surface area contributed by atoms with E-state index in [-0.39, 0.29) is 23.2 Å². The van der Waals surface area contributed by atoms with E-state index in [4.69, 9.17) is 10.3 Å². The molecular formula is C13H11F4N3O. The number of nitrogens with two attached hydrogens (primary N) is 1. The second kappa shape index (κ2) is 4.80. The zero-order chi connectivity index (χ0) is 15.2. The Balaban J connectivity index is 1.97. The van der Waals surface area contributed by atoms with Gasteiger partial charge in [-0.25, -0.2) is 4.39 Å². The molecule has 0 radical (unpaired) electrons. The van der Waals surface area contributed by atoms with Crippen molar-refractivity contribution in [3.05, 3.63) is 35.4 Å². The third-order valence-corrected chi connectivity index (χ3v) is 3.40. The lowest BCUT2D eigenvalue weighted by molar-refractivity contribution is -0.139. The van der Waals surface area contributed by atoms with E-state index in [0.29, 0.717) is 6.07 Å². The van der Waals surface area contributed by atoms with E-state index in [1.54, 1.807) is 0 Å². The van der Waals surface area contributed by atoms with Crippen molar-refractivity contribution in [3.8, 4) is 11.5 Å². The first kappa shape index (κ1) is 14.0. The minimum Gasteiger partial charge on any atom is -0.334 e. The molecule has 1 unspecified atom stereocenters. The summed E-state index contributed by atoms with van der Waals surface area (Å²) in [5.41, 5.74) is 4.12. The van der Waals surface area contributed by atoms with E-state index in [9.17, 15) is 17.6 Å². The smallest absolute Gasteiger partial charge is 0.334 e. The molecule has 1 aromatic heterocycles. The molecule has 1 aliphatic rings. The number of nitrogens with zero attached hydrogens (tertiary/aromatic N) is 2. The lowest BCUT2D eigenvalue weighted by Crippen LogP contribution is -2.14. The quantitative estimate of drug-likeness (QED) is 0.883. The summed E-state index contributed by atoms with van der Waals surface area (Å²) >= 11 is 0. The number of hydrogen-bond donors (Lipinski definition) is 1. The normalized spacial score (nSPS) is 17.0. The maximum atomic E-state index is 14.0. The van der Waals surface area contributed by atoms with Crippen molar-refractivity contribution in [2.24, 2.45) is 11.7 Å². The molecule has 0 spiro atoms. The molecule has 0 saturated heterocycles. The molecule has 1 atom stereocenters. The van der Waals surface area contributed by atoms with E-state index in [2.05, 4.69) is 10.1 Å². The van der Waals surface area contributed by atoms with Gasteiger partial charge in [-0.2, -0.15) is 18.2 Å². The highest BCUT2D eigenvalue weighted by molar-refractivity contribution is 5.56. The third-order valence-electron chi connectivity index (χ3n) is 3.40. The fraction of sp³-hybridized carbons (Fsp3) is 0.385. The Bertz CT molecular complexity index is 664. The van der Waals surface area contributed by atoms with E-state index in [1.807, 2.05) is 0 Å². The molecule has 8 heteroatoms. The zero-order valence-corrected chi connectivity index (χ0v) is 10.7. The van der Waals surface area contributed by atoms with Gasteiger partial charge in [0.2, 0.25) is 0 Å². The van der Waals surface area contributed by atoms with Gasteiger partial charge < -0.3 is 10.3 Å². The summed E-state index contributed by atoms with van der Waals surface area (Å²) in [4.78, 5) is 3.92. The van der Waals surface area contributed by atoms with Gasteiger partial charge in [0.05, 0.1) is 17.2 Å². The highest BCUT2D eigenvalue weighted by Gasteiger charge is 2.36. The van der Waals surface area contributed by atoms with Gasteiger partial charge in [-0.3, -0.25) is 0 Å². The van der Waals surface area contributed by atoms with Gasteiger partial charge in [-0.05, 0) is 30.9 Å². The van der Waals surface area contributed by atoms with Crippen molar-refractivity contribution in [2.75, 3.05) is 0 Å². The van der Waals surface area contributed by atoms with Crippen LogP contribution in [0.1, 0.15) is 30.3 Å². The minimum absolute atomic E-state index is 0.185. The lowest BCUT2D eigenvalue weighted by Gasteiger charge is -2.09. The Morgan fingerprint density at radius 1 is 1.29 bits per heavy atom. The summed E-state index contributed by atoms with van der Waals surface area (Å²) in [6, 6.07) is 2.47. The maximum absolute atomic E-state index is 14.0. The Morgan fingerprint density at radius 3 is 2.62 bits per heavy atom. The lowest BCUT2D eigenvalue weighted by atomic mass is 10.1. The van der Waals surface area contributed by atoms with E-state index in [0.717, 1.165) is 25.0 Å². The second-order valence-corrected chi connectivity index (χ2v) is 4.99. The highest BCUT2D eigenvalue weighted by atomic mass is 19.4. The van der Waals surface area contributed by atoms with Gasteiger partial charge in [0.15, 0.2) is 5.82 Å². The Kier molecular flexibility index (Phi) is 3.20. The summed E-state index contributed by atoms with van der Waals surface area (Å²) in [7, 11) is 0. The SMILES string of the molecule is NC(c1noc(-c2cccc(C(F)(F)F)c2F)n1)C1CC1. The predicted molar refractivity (Wildman–Crippen MR) is 64.3 cm³/mol. The van der Waals surface area contributed by atoms with Gasteiger partial charge in [-0.1, -0.05) is 11.2 Å². The van der Waals surface area contributed by atoms with Gasteiger partial charge in [0, 0.05) is 0 Å². The zero-order valence-electron chi connectivity index (χ0n) is 10.7. The summed E-state index contributed by atoms with van der Waals surface area (Å²) in [6.45, 7) is 0. The van der Waals surface area contributed by atoms with Crippen LogP contribution in [0.15, 0.2) is 22.7 Å². The topological polar surface area (TPSA) is 64.9 Å². The number of rotatable bonds is 3. The molecule has 2 N–H and O–H groups in total. The first-order valence-electron chi connectivity index (χ1n) is 6.33. The van der Waals surface area contributed by atoms with Crippen LogP contribution in [-0.2, 0) is 6.18 Å². The maximum Gasteiger partial charge on any atom is 0.419 e. The van der Waals surface area contributed by atoms with Crippen molar-refractivity contribution in [3.63, 3.8) is 0 Å². The van der Waals surface area contributed by atoms with E-state index in [1.165, 1.54) is 0 Å². The Labute approximate surface area is 116 Å². The van der Waals surface area contributed by atoms with Crippen LogP contribution < -0.4 is 5.73 Å². The van der Waals surface area contributed by atoms with Crippen LogP contribution in [0, 0.1) is 11.7 Å². The van der Waals surface area contributed by atoms with E-state index < -0.39 is 23.6 Å². The number of aromatic nitrogens is 2. The first-order valence-corrected chi connectivity index (χ1v) is 6.33. The standard InChI is InChI=1S/C13H11F4N3O/c14-9-7(2-1-3-8(9)13(15,16)17)12-19-11(20-21-12)10(18)6-4-5-6/h1-3,6,10H,4-5,18H2. The molecular weight excluding hydrogens is 290 g/mol. The molecule has 1 fully saturated rings. The molecule has 0 amide bonds. The third kappa shape index (κ3) is 2.63. The van der Waals surface area contributed by atoms with Crippen LogP contribution in [0.4, 0.5) is 17.6 Å². The molecule has 0 bridgehead atoms. The summed E-state index contributed by atoms with van der Waals surface area (Å²) in [6.07, 6.45) is -2.89. The van der Waals surface area contributed by atoms with Gasteiger partial charge in [0.25, 0.3) is 5.89 Å². The minimum atomic E-state index is -4.78. The van der Waals surface area contributed by atoms with Crippen LogP contribution >= 0.6 is 0 Å². The number of halogens is 4. The summed E-state index contributed by atoms with van der Waals surface area (Å²) in [5.74, 6) is -1.30. The van der Waals surface area contributed by atoms with Crippen LogP contribution in [0.5, 0.6) is 0 Å².